The minimum atomic E-state index is -0.960. The van der Waals surface area contributed by atoms with Gasteiger partial charge in [0.2, 0.25) is 0 Å². The summed E-state index contributed by atoms with van der Waals surface area (Å²) in [6.45, 7) is 0. The summed E-state index contributed by atoms with van der Waals surface area (Å²) >= 11 is 0. The highest BCUT2D eigenvalue weighted by molar-refractivity contribution is 5.97. The Morgan fingerprint density at radius 2 is 1.92 bits per heavy atom. The highest BCUT2D eigenvalue weighted by Gasteiger charge is 2.24. The van der Waals surface area contributed by atoms with Crippen molar-refractivity contribution < 1.29 is 27.4 Å². The summed E-state index contributed by atoms with van der Waals surface area (Å²) in [5.41, 5.74) is -0.0523. The molecule has 0 aliphatic carbocycles. The summed E-state index contributed by atoms with van der Waals surface area (Å²) in [6, 6.07) is 4.60. The van der Waals surface area contributed by atoms with E-state index in [-0.39, 0.29) is 22.4 Å². The van der Waals surface area contributed by atoms with Crippen LogP contribution in [0.4, 0.5) is 13.2 Å². The second-order valence-electron chi connectivity index (χ2n) is 4.83. The van der Waals surface area contributed by atoms with Gasteiger partial charge >= 0.3 is 5.97 Å². The third kappa shape index (κ3) is 2.36. The predicted octanol–water partition coefficient (Wildman–Crippen LogP) is 3.24. The molecule has 0 spiro atoms. The van der Waals surface area contributed by atoms with Crippen LogP contribution in [0.15, 0.2) is 30.5 Å². The predicted molar refractivity (Wildman–Crippen MR) is 78.8 cm³/mol. The number of carbonyl (C=O) groups is 1. The summed E-state index contributed by atoms with van der Waals surface area (Å²) in [6.07, 6.45) is 0.929. The number of rotatable bonds is 3. The van der Waals surface area contributed by atoms with Crippen molar-refractivity contribution in [3.05, 3.63) is 53.6 Å². The van der Waals surface area contributed by atoms with E-state index in [2.05, 4.69) is 9.72 Å². The molecule has 2 aromatic heterocycles. The number of pyridine rings is 1. The van der Waals surface area contributed by atoms with Crippen molar-refractivity contribution in [2.45, 2.75) is 0 Å². The van der Waals surface area contributed by atoms with Crippen LogP contribution in [0.3, 0.4) is 0 Å². The zero-order chi connectivity index (χ0) is 17.4. The number of halogens is 3. The first-order valence-electron chi connectivity index (χ1n) is 6.75. The van der Waals surface area contributed by atoms with Gasteiger partial charge in [0.25, 0.3) is 0 Å². The van der Waals surface area contributed by atoms with Crippen LogP contribution in [0.1, 0.15) is 10.5 Å². The fraction of sp³-hybridized carbons (Fsp3) is 0.125. The number of carbonyl (C=O) groups excluding carboxylic acids is 1. The molecule has 0 atom stereocenters. The molecule has 0 aliphatic heterocycles. The average Bonchev–Trinajstić information content (AvgIpc) is 2.95. The van der Waals surface area contributed by atoms with Gasteiger partial charge in [-0.25, -0.2) is 22.9 Å². The average molecular weight is 336 g/mol. The first kappa shape index (κ1) is 15.9. The van der Waals surface area contributed by atoms with E-state index in [9.17, 15) is 18.0 Å². The first-order valence-corrected chi connectivity index (χ1v) is 6.75. The van der Waals surface area contributed by atoms with E-state index < -0.39 is 29.2 Å². The first-order chi connectivity index (χ1) is 11.5. The number of ether oxygens (including phenoxy) is 2. The molecule has 0 N–H and O–H groups in total. The van der Waals surface area contributed by atoms with E-state index in [0.717, 1.165) is 32.5 Å². The Morgan fingerprint density at radius 1 is 1.17 bits per heavy atom. The van der Waals surface area contributed by atoms with Gasteiger partial charge < -0.3 is 9.47 Å². The van der Waals surface area contributed by atoms with Gasteiger partial charge in [0, 0.05) is 11.5 Å². The van der Waals surface area contributed by atoms with Crippen LogP contribution in [0.25, 0.3) is 16.7 Å². The van der Waals surface area contributed by atoms with Crippen LogP contribution in [0, 0.1) is 17.5 Å². The van der Waals surface area contributed by atoms with Crippen molar-refractivity contribution in [3.63, 3.8) is 0 Å². The van der Waals surface area contributed by atoms with Crippen molar-refractivity contribution in [2.75, 3.05) is 14.2 Å². The van der Waals surface area contributed by atoms with Gasteiger partial charge in [-0.2, -0.15) is 0 Å². The highest BCUT2D eigenvalue weighted by Crippen LogP contribution is 2.33. The zero-order valence-electron chi connectivity index (χ0n) is 12.6. The van der Waals surface area contributed by atoms with Crippen molar-refractivity contribution in [1.29, 1.82) is 0 Å². The number of hydrogen-bond acceptors (Lipinski definition) is 4. The number of esters is 1. The van der Waals surface area contributed by atoms with Crippen molar-refractivity contribution in [2.24, 2.45) is 0 Å². The molecule has 0 fully saturated rings. The third-order valence-electron chi connectivity index (χ3n) is 3.49. The van der Waals surface area contributed by atoms with Crippen molar-refractivity contribution in [1.82, 2.24) is 9.55 Å². The van der Waals surface area contributed by atoms with Gasteiger partial charge in [0.05, 0.1) is 25.9 Å². The maximum absolute atomic E-state index is 14.5. The van der Waals surface area contributed by atoms with Gasteiger partial charge in [-0.15, -0.1) is 0 Å². The van der Waals surface area contributed by atoms with E-state index in [1.54, 1.807) is 0 Å². The van der Waals surface area contributed by atoms with Crippen LogP contribution < -0.4 is 4.74 Å². The van der Waals surface area contributed by atoms with Crippen LogP contribution in [-0.2, 0) is 4.74 Å². The zero-order valence-corrected chi connectivity index (χ0v) is 12.6. The number of hydrogen-bond donors (Lipinski definition) is 0. The lowest BCUT2D eigenvalue weighted by Gasteiger charge is -2.09. The van der Waals surface area contributed by atoms with E-state index >= 15 is 0 Å². The summed E-state index contributed by atoms with van der Waals surface area (Å²) in [5.74, 6) is -3.73. The lowest BCUT2D eigenvalue weighted by atomic mass is 10.2. The van der Waals surface area contributed by atoms with E-state index in [0.29, 0.717) is 0 Å². The summed E-state index contributed by atoms with van der Waals surface area (Å²) in [4.78, 5) is 15.9. The van der Waals surface area contributed by atoms with Gasteiger partial charge in [-0.1, -0.05) is 0 Å². The molecule has 8 heteroatoms. The monoisotopic (exact) mass is 336 g/mol. The van der Waals surface area contributed by atoms with Crippen LogP contribution >= 0.6 is 0 Å². The number of nitrogens with zero attached hydrogens (tertiary/aromatic N) is 2. The van der Waals surface area contributed by atoms with Crippen LogP contribution in [0.2, 0.25) is 0 Å². The quantitative estimate of drug-likeness (QED) is 0.689. The molecule has 124 valence electrons. The smallest absolute Gasteiger partial charge is 0.355 e. The maximum Gasteiger partial charge on any atom is 0.355 e. The standard InChI is InChI=1S/C16H11F3N2O3/c1-23-15-10(18)6-11-9(14(15)19)5-12(16(22)24-2)21(11)13-4-3-8(17)7-20-13/h3-7H,1-2H3. The Hall–Kier alpha value is -3.03. The van der Waals surface area contributed by atoms with E-state index in [1.165, 1.54) is 16.7 Å². The minimum absolute atomic E-state index is 0.0327. The second-order valence-corrected chi connectivity index (χ2v) is 4.83. The Kier molecular flexibility index (Phi) is 3.88. The normalized spacial score (nSPS) is 10.9. The highest BCUT2D eigenvalue weighted by atomic mass is 19.1. The summed E-state index contributed by atoms with van der Waals surface area (Å²) < 4.78 is 52.2. The van der Waals surface area contributed by atoms with E-state index in [1.807, 2.05) is 0 Å². The molecule has 24 heavy (non-hydrogen) atoms. The molecule has 2 heterocycles. The minimum Gasteiger partial charge on any atom is -0.491 e. The van der Waals surface area contributed by atoms with Crippen molar-refractivity contribution in [3.8, 4) is 11.6 Å². The molecule has 0 bridgehead atoms. The van der Waals surface area contributed by atoms with Gasteiger partial charge in [0.15, 0.2) is 17.4 Å². The van der Waals surface area contributed by atoms with Crippen molar-refractivity contribution >= 4 is 16.9 Å². The van der Waals surface area contributed by atoms with Crippen LogP contribution in [0.5, 0.6) is 5.75 Å². The molecule has 0 unspecified atom stereocenters. The van der Waals surface area contributed by atoms with Crippen LogP contribution in [-0.4, -0.2) is 29.7 Å². The molecule has 0 radical (unpaired) electrons. The topological polar surface area (TPSA) is 53.4 Å². The summed E-state index contributed by atoms with van der Waals surface area (Å²) in [7, 11) is 2.28. The van der Waals surface area contributed by atoms with Gasteiger partial charge in [-0.05, 0) is 18.2 Å². The molecular formula is C16H11F3N2O3. The Balaban J connectivity index is 2.40. The molecule has 0 aliphatic rings. The molecule has 0 saturated heterocycles. The molecule has 3 rings (SSSR count). The SMILES string of the molecule is COC(=O)c1cc2c(F)c(OC)c(F)cc2n1-c1ccc(F)cn1. The number of aromatic nitrogens is 2. The number of methoxy groups -OCH3 is 2. The third-order valence-corrected chi connectivity index (χ3v) is 3.49. The fourth-order valence-electron chi connectivity index (χ4n) is 2.45. The molecule has 3 aromatic rings. The number of fused-ring (bicyclic) bond motifs is 1. The van der Waals surface area contributed by atoms with E-state index in [4.69, 9.17) is 4.74 Å². The Morgan fingerprint density at radius 3 is 2.50 bits per heavy atom. The summed E-state index contributed by atoms with van der Waals surface area (Å²) in [5, 5.41) is -0.0558. The lowest BCUT2D eigenvalue weighted by Crippen LogP contribution is -2.10. The maximum atomic E-state index is 14.5. The molecule has 5 nitrogen and oxygen atoms in total. The number of benzene rings is 1. The van der Waals surface area contributed by atoms with Gasteiger partial charge in [-0.3, -0.25) is 4.57 Å². The van der Waals surface area contributed by atoms with Gasteiger partial charge in [0.1, 0.15) is 17.3 Å². The molecular weight excluding hydrogens is 325 g/mol. The Bertz CT molecular complexity index is 936. The fourth-order valence-corrected chi connectivity index (χ4v) is 2.45. The molecule has 1 aromatic carbocycles. The largest absolute Gasteiger partial charge is 0.491 e. The molecule has 0 amide bonds. The second kappa shape index (κ2) is 5.88. The Labute approximate surface area is 134 Å². The molecule has 0 saturated carbocycles. The lowest BCUT2D eigenvalue weighted by molar-refractivity contribution is 0.0592.